The van der Waals surface area contributed by atoms with Gasteiger partial charge in [0.1, 0.15) is 0 Å². The number of hydrogen-bond acceptors (Lipinski definition) is 4. The molecule has 0 fully saturated rings. The molecule has 100 valence electrons. The number of nitro benzene ring substituents is 1. The van der Waals surface area contributed by atoms with Crippen LogP contribution in [0.4, 0.5) is 11.4 Å². The zero-order chi connectivity index (χ0) is 14.5. The first-order chi connectivity index (χ1) is 9.60. The number of non-ortho nitro benzene ring substituents is 1. The molecule has 0 unspecified atom stereocenters. The van der Waals surface area contributed by atoms with Gasteiger partial charge in [-0.2, -0.15) is 5.26 Å². The lowest BCUT2D eigenvalue weighted by Crippen LogP contribution is -2.01. The van der Waals surface area contributed by atoms with Crippen molar-refractivity contribution in [2.75, 3.05) is 5.32 Å². The van der Waals surface area contributed by atoms with E-state index in [-0.39, 0.29) is 5.69 Å². The number of nitriles is 1. The molecule has 2 rings (SSSR count). The van der Waals surface area contributed by atoms with Gasteiger partial charge >= 0.3 is 0 Å². The van der Waals surface area contributed by atoms with Crippen molar-refractivity contribution < 1.29 is 4.92 Å². The van der Waals surface area contributed by atoms with Gasteiger partial charge in [-0.25, -0.2) is 0 Å². The molecule has 0 atom stereocenters. The predicted octanol–water partition coefficient (Wildman–Crippen LogP) is 3.84. The molecule has 2 aromatic rings. The second-order valence-electron chi connectivity index (χ2n) is 4.09. The first kappa shape index (κ1) is 14.0. The minimum absolute atomic E-state index is 0.0291. The van der Waals surface area contributed by atoms with Crippen molar-refractivity contribution in [2.45, 2.75) is 6.54 Å². The summed E-state index contributed by atoms with van der Waals surface area (Å²) in [5, 5.41) is 22.7. The molecule has 0 aliphatic heterocycles. The minimum Gasteiger partial charge on any atom is -0.380 e. The molecule has 2 aromatic carbocycles. The molecule has 0 aromatic heterocycles. The Morgan fingerprint density at radius 3 is 2.80 bits per heavy atom. The molecule has 0 aliphatic carbocycles. The number of benzene rings is 2. The molecule has 6 heteroatoms. The van der Waals surface area contributed by atoms with Crippen LogP contribution >= 0.6 is 15.9 Å². The first-order valence-electron chi connectivity index (χ1n) is 5.77. The Kier molecular flexibility index (Phi) is 4.33. The van der Waals surface area contributed by atoms with Crippen LogP contribution in [0.3, 0.4) is 0 Å². The number of anilines is 1. The fourth-order valence-electron chi connectivity index (χ4n) is 1.71. The van der Waals surface area contributed by atoms with E-state index >= 15 is 0 Å². The van der Waals surface area contributed by atoms with Gasteiger partial charge in [0, 0.05) is 23.2 Å². The van der Waals surface area contributed by atoms with Crippen LogP contribution < -0.4 is 5.32 Å². The molecule has 0 radical (unpaired) electrons. The third-order valence-electron chi connectivity index (χ3n) is 2.70. The van der Waals surface area contributed by atoms with Gasteiger partial charge in [0.2, 0.25) is 0 Å². The third-order valence-corrected chi connectivity index (χ3v) is 3.39. The van der Waals surface area contributed by atoms with Crippen LogP contribution in [0, 0.1) is 21.4 Å². The summed E-state index contributed by atoms with van der Waals surface area (Å²) >= 11 is 3.34. The van der Waals surface area contributed by atoms with Gasteiger partial charge in [0.15, 0.2) is 0 Å². The monoisotopic (exact) mass is 331 g/mol. The first-order valence-corrected chi connectivity index (χ1v) is 6.56. The van der Waals surface area contributed by atoms with Crippen molar-refractivity contribution in [2.24, 2.45) is 0 Å². The van der Waals surface area contributed by atoms with E-state index in [2.05, 4.69) is 27.3 Å². The molecule has 0 spiro atoms. The highest BCUT2D eigenvalue weighted by atomic mass is 79.9. The fraction of sp³-hybridized carbons (Fsp3) is 0.0714. The lowest BCUT2D eigenvalue weighted by Gasteiger charge is -2.08. The van der Waals surface area contributed by atoms with E-state index in [9.17, 15) is 10.1 Å². The Morgan fingerprint density at radius 2 is 2.10 bits per heavy atom. The summed E-state index contributed by atoms with van der Waals surface area (Å²) in [4.78, 5) is 10.3. The highest BCUT2D eigenvalue weighted by Crippen LogP contribution is 2.27. The maximum Gasteiger partial charge on any atom is 0.271 e. The van der Waals surface area contributed by atoms with Gasteiger partial charge in [-0.15, -0.1) is 0 Å². The summed E-state index contributed by atoms with van der Waals surface area (Å²) in [7, 11) is 0. The molecule has 0 aliphatic rings. The lowest BCUT2D eigenvalue weighted by atomic mass is 10.1. The van der Waals surface area contributed by atoms with Crippen molar-refractivity contribution in [3.05, 3.63) is 68.2 Å². The number of rotatable bonds is 4. The number of halogens is 1. The molecule has 0 bridgehead atoms. The zero-order valence-electron chi connectivity index (χ0n) is 10.3. The van der Waals surface area contributed by atoms with Crippen LogP contribution in [0.2, 0.25) is 0 Å². The SMILES string of the molecule is N#Cc1cccc(CNc2cc([N+](=O)[O-])ccc2Br)c1. The summed E-state index contributed by atoms with van der Waals surface area (Å²) in [6.07, 6.45) is 0. The standard InChI is InChI=1S/C14H10BrN3O2/c15-13-5-4-12(18(19)20)7-14(13)17-9-11-3-1-2-10(6-11)8-16/h1-7,17H,9H2. The van der Waals surface area contributed by atoms with E-state index < -0.39 is 4.92 Å². The van der Waals surface area contributed by atoms with Gasteiger partial charge in [-0.3, -0.25) is 10.1 Å². The summed E-state index contributed by atoms with van der Waals surface area (Å²) in [5.74, 6) is 0. The molecule has 0 heterocycles. The molecule has 5 nitrogen and oxygen atoms in total. The zero-order valence-corrected chi connectivity index (χ0v) is 11.9. The average Bonchev–Trinajstić information content (AvgIpc) is 2.46. The molecule has 0 amide bonds. The Morgan fingerprint density at radius 1 is 1.30 bits per heavy atom. The second-order valence-corrected chi connectivity index (χ2v) is 4.94. The third kappa shape index (κ3) is 3.33. The van der Waals surface area contributed by atoms with Crippen molar-refractivity contribution in [3.63, 3.8) is 0 Å². The molecular weight excluding hydrogens is 322 g/mol. The number of nitrogens with zero attached hydrogens (tertiary/aromatic N) is 2. The Hall–Kier alpha value is -2.39. The number of nitro groups is 1. The highest BCUT2D eigenvalue weighted by Gasteiger charge is 2.09. The van der Waals surface area contributed by atoms with Gasteiger partial charge in [0.25, 0.3) is 5.69 Å². The fourth-order valence-corrected chi connectivity index (χ4v) is 2.10. The van der Waals surface area contributed by atoms with E-state index in [1.807, 2.05) is 6.07 Å². The summed E-state index contributed by atoms with van der Waals surface area (Å²) in [6.45, 7) is 0.481. The van der Waals surface area contributed by atoms with Crippen LogP contribution in [-0.4, -0.2) is 4.92 Å². The second kappa shape index (κ2) is 6.17. The molecule has 0 saturated heterocycles. The van der Waals surface area contributed by atoms with Crippen molar-refractivity contribution in [1.29, 1.82) is 5.26 Å². The van der Waals surface area contributed by atoms with Crippen LogP contribution in [0.15, 0.2) is 46.9 Å². The normalized spacial score (nSPS) is 9.80. The van der Waals surface area contributed by atoms with E-state index in [4.69, 9.17) is 5.26 Å². The Balaban J connectivity index is 2.16. The van der Waals surface area contributed by atoms with Gasteiger partial charge in [-0.1, -0.05) is 12.1 Å². The molecular formula is C14H10BrN3O2. The van der Waals surface area contributed by atoms with Gasteiger partial charge in [0.05, 0.1) is 22.2 Å². The smallest absolute Gasteiger partial charge is 0.271 e. The summed E-state index contributed by atoms with van der Waals surface area (Å²) < 4.78 is 0.750. The van der Waals surface area contributed by atoms with Gasteiger partial charge in [-0.05, 0) is 39.7 Å². The van der Waals surface area contributed by atoms with Crippen LogP contribution in [0.25, 0.3) is 0 Å². The van der Waals surface area contributed by atoms with Crippen LogP contribution in [0.1, 0.15) is 11.1 Å². The Labute approximate surface area is 124 Å². The summed E-state index contributed by atoms with van der Waals surface area (Å²) in [6, 6.07) is 13.8. The topological polar surface area (TPSA) is 79.0 Å². The maximum absolute atomic E-state index is 10.7. The van der Waals surface area contributed by atoms with Crippen molar-refractivity contribution in [1.82, 2.24) is 0 Å². The van der Waals surface area contributed by atoms with Gasteiger partial charge < -0.3 is 5.32 Å². The van der Waals surface area contributed by atoms with E-state index in [1.54, 1.807) is 24.3 Å². The Bertz CT molecular complexity index is 695. The summed E-state index contributed by atoms with van der Waals surface area (Å²) in [5.41, 5.74) is 2.19. The number of nitrogens with one attached hydrogen (secondary N) is 1. The molecule has 20 heavy (non-hydrogen) atoms. The van der Waals surface area contributed by atoms with E-state index in [0.29, 0.717) is 17.8 Å². The van der Waals surface area contributed by atoms with Crippen molar-refractivity contribution >= 4 is 27.3 Å². The average molecular weight is 332 g/mol. The molecule has 0 saturated carbocycles. The van der Waals surface area contributed by atoms with E-state index in [1.165, 1.54) is 12.1 Å². The maximum atomic E-state index is 10.7. The van der Waals surface area contributed by atoms with Crippen molar-refractivity contribution in [3.8, 4) is 6.07 Å². The van der Waals surface area contributed by atoms with Crippen LogP contribution in [-0.2, 0) is 6.54 Å². The largest absolute Gasteiger partial charge is 0.380 e. The molecule has 1 N–H and O–H groups in total. The highest BCUT2D eigenvalue weighted by molar-refractivity contribution is 9.10. The lowest BCUT2D eigenvalue weighted by molar-refractivity contribution is -0.384. The van der Waals surface area contributed by atoms with E-state index in [0.717, 1.165) is 10.0 Å². The van der Waals surface area contributed by atoms with Crippen LogP contribution in [0.5, 0.6) is 0 Å². The minimum atomic E-state index is -0.437. The predicted molar refractivity (Wildman–Crippen MR) is 79.3 cm³/mol. The quantitative estimate of drug-likeness (QED) is 0.681. The number of hydrogen-bond donors (Lipinski definition) is 1.